The van der Waals surface area contributed by atoms with Crippen molar-refractivity contribution in [1.29, 1.82) is 0 Å². The molecule has 3 rings (SSSR count). The molecule has 0 saturated carbocycles. The number of fused-ring (bicyclic) bond motifs is 1. The van der Waals surface area contributed by atoms with E-state index < -0.39 is 0 Å². The van der Waals surface area contributed by atoms with E-state index in [1.54, 1.807) is 0 Å². The van der Waals surface area contributed by atoms with E-state index >= 15 is 0 Å². The monoisotopic (exact) mass is 262 g/mol. The molecule has 0 amide bonds. The van der Waals surface area contributed by atoms with Gasteiger partial charge in [0, 0.05) is 35.3 Å². The maximum absolute atomic E-state index is 4.61. The second kappa shape index (κ2) is 4.97. The molecule has 0 atom stereocenters. The van der Waals surface area contributed by atoms with Crippen LogP contribution in [0.15, 0.2) is 71.0 Å². The Labute approximate surface area is 120 Å². The van der Waals surface area contributed by atoms with Crippen molar-refractivity contribution in [3.05, 3.63) is 71.6 Å². The van der Waals surface area contributed by atoms with Gasteiger partial charge in [-0.3, -0.25) is 4.99 Å². The Bertz CT molecular complexity index is 700. The van der Waals surface area contributed by atoms with Gasteiger partial charge >= 0.3 is 0 Å². The van der Waals surface area contributed by atoms with Gasteiger partial charge in [0.15, 0.2) is 0 Å². The van der Waals surface area contributed by atoms with E-state index in [9.17, 15) is 0 Å². The van der Waals surface area contributed by atoms with Crippen LogP contribution in [0.1, 0.15) is 19.4 Å². The van der Waals surface area contributed by atoms with Crippen molar-refractivity contribution in [2.75, 3.05) is 7.05 Å². The van der Waals surface area contributed by atoms with Gasteiger partial charge < -0.3 is 4.90 Å². The van der Waals surface area contributed by atoms with Crippen LogP contribution in [0.5, 0.6) is 0 Å². The molecule has 100 valence electrons. The SMILES string of the molecule is CC1=CC=CC(=CC=C2C(C)=Nc3ccccc32)N1C. The van der Waals surface area contributed by atoms with Crippen molar-refractivity contribution in [2.45, 2.75) is 13.8 Å². The van der Waals surface area contributed by atoms with Crippen LogP contribution in [0.4, 0.5) is 5.69 Å². The summed E-state index contributed by atoms with van der Waals surface area (Å²) in [4.78, 5) is 6.79. The molecule has 0 radical (unpaired) electrons. The molecule has 0 spiro atoms. The molecule has 0 saturated heterocycles. The Morgan fingerprint density at radius 1 is 1.10 bits per heavy atom. The standard InChI is InChI=1S/C18H18N2/c1-13-7-6-8-15(20(13)3)11-12-16-14(2)19-18-10-5-4-9-17(16)18/h4-12H,1-3H3. The van der Waals surface area contributed by atoms with Crippen LogP contribution in [0.2, 0.25) is 0 Å². The topological polar surface area (TPSA) is 15.6 Å². The van der Waals surface area contributed by atoms with Gasteiger partial charge in [-0.2, -0.15) is 0 Å². The van der Waals surface area contributed by atoms with Crippen LogP contribution in [-0.2, 0) is 0 Å². The average Bonchev–Trinajstić information content (AvgIpc) is 2.76. The number of hydrogen-bond acceptors (Lipinski definition) is 2. The highest BCUT2D eigenvalue weighted by Gasteiger charge is 2.16. The Hall–Kier alpha value is -2.35. The molecule has 1 aromatic carbocycles. The number of nitrogens with zero attached hydrogens (tertiary/aromatic N) is 2. The van der Waals surface area contributed by atoms with Crippen LogP contribution in [-0.4, -0.2) is 17.7 Å². The summed E-state index contributed by atoms with van der Waals surface area (Å²) in [5.41, 5.74) is 7.01. The highest BCUT2D eigenvalue weighted by Crippen LogP contribution is 2.34. The predicted octanol–water partition coefficient (Wildman–Crippen LogP) is 4.47. The number of allylic oxidation sites excluding steroid dienone is 7. The lowest BCUT2D eigenvalue weighted by Crippen LogP contribution is -2.15. The van der Waals surface area contributed by atoms with Crippen molar-refractivity contribution in [1.82, 2.24) is 4.90 Å². The van der Waals surface area contributed by atoms with Crippen LogP contribution >= 0.6 is 0 Å². The van der Waals surface area contributed by atoms with E-state index in [-0.39, 0.29) is 0 Å². The van der Waals surface area contributed by atoms with Gasteiger partial charge in [-0.15, -0.1) is 0 Å². The number of para-hydroxylation sites is 1. The summed E-state index contributed by atoms with van der Waals surface area (Å²) in [5, 5.41) is 0. The van der Waals surface area contributed by atoms with E-state index in [4.69, 9.17) is 0 Å². The van der Waals surface area contributed by atoms with Crippen molar-refractivity contribution < 1.29 is 0 Å². The quantitative estimate of drug-likeness (QED) is 0.729. The van der Waals surface area contributed by atoms with E-state index in [2.05, 4.69) is 79.4 Å². The van der Waals surface area contributed by atoms with Crippen LogP contribution in [0, 0.1) is 0 Å². The Morgan fingerprint density at radius 3 is 2.75 bits per heavy atom. The molecule has 0 N–H and O–H groups in total. The average molecular weight is 262 g/mol. The molecule has 0 aromatic heterocycles. The Kier molecular flexibility index (Phi) is 3.15. The summed E-state index contributed by atoms with van der Waals surface area (Å²) in [7, 11) is 2.09. The lowest BCUT2D eigenvalue weighted by Gasteiger charge is -2.23. The fraction of sp³-hybridized carbons (Fsp3) is 0.167. The molecule has 0 fully saturated rings. The highest BCUT2D eigenvalue weighted by atomic mass is 15.1. The first-order valence-electron chi connectivity index (χ1n) is 6.82. The van der Waals surface area contributed by atoms with Crippen LogP contribution in [0.25, 0.3) is 5.57 Å². The zero-order valence-electron chi connectivity index (χ0n) is 12.1. The number of hydrogen-bond donors (Lipinski definition) is 0. The third-order valence-corrected chi connectivity index (χ3v) is 3.81. The molecule has 0 bridgehead atoms. The normalized spacial score (nSPS) is 21.2. The molecule has 2 heteroatoms. The number of rotatable bonds is 1. The number of likely N-dealkylation sites (N-methyl/N-ethyl adjacent to an activating group) is 1. The zero-order valence-corrected chi connectivity index (χ0v) is 12.1. The number of benzene rings is 1. The van der Waals surface area contributed by atoms with Crippen molar-refractivity contribution >= 4 is 17.0 Å². The molecule has 2 nitrogen and oxygen atoms in total. The summed E-state index contributed by atoms with van der Waals surface area (Å²) in [6.45, 7) is 4.18. The summed E-state index contributed by atoms with van der Waals surface area (Å²) in [6, 6.07) is 8.29. The first-order chi connectivity index (χ1) is 9.66. The molecular formula is C18H18N2. The van der Waals surface area contributed by atoms with E-state index in [0.717, 1.165) is 11.4 Å². The maximum Gasteiger partial charge on any atom is 0.0712 e. The summed E-state index contributed by atoms with van der Waals surface area (Å²) in [5.74, 6) is 0. The smallest absolute Gasteiger partial charge is 0.0712 e. The lowest BCUT2D eigenvalue weighted by molar-refractivity contribution is 0.533. The minimum absolute atomic E-state index is 1.07. The Balaban J connectivity index is 1.97. The minimum Gasteiger partial charge on any atom is -0.348 e. The van der Waals surface area contributed by atoms with Gasteiger partial charge in [-0.1, -0.05) is 30.4 Å². The fourth-order valence-corrected chi connectivity index (χ4v) is 2.49. The second-order valence-corrected chi connectivity index (χ2v) is 5.11. The fourth-order valence-electron chi connectivity index (χ4n) is 2.49. The summed E-state index contributed by atoms with van der Waals surface area (Å²) in [6.07, 6.45) is 10.6. The molecular weight excluding hydrogens is 244 g/mol. The molecule has 20 heavy (non-hydrogen) atoms. The zero-order chi connectivity index (χ0) is 14.1. The molecule has 2 heterocycles. The van der Waals surface area contributed by atoms with Gasteiger partial charge in [-0.25, -0.2) is 0 Å². The summed E-state index contributed by atoms with van der Waals surface area (Å²) >= 11 is 0. The van der Waals surface area contributed by atoms with Crippen molar-refractivity contribution in [3.8, 4) is 0 Å². The lowest BCUT2D eigenvalue weighted by atomic mass is 10.0. The highest BCUT2D eigenvalue weighted by molar-refractivity contribution is 6.28. The van der Waals surface area contributed by atoms with Crippen molar-refractivity contribution in [2.24, 2.45) is 4.99 Å². The molecule has 0 unspecified atom stereocenters. The minimum atomic E-state index is 1.07. The maximum atomic E-state index is 4.61. The van der Waals surface area contributed by atoms with E-state index in [1.807, 2.05) is 6.07 Å². The van der Waals surface area contributed by atoms with Gasteiger partial charge in [-0.05, 0) is 38.1 Å². The van der Waals surface area contributed by atoms with Crippen LogP contribution in [0.3, 0.4) is 0 Å². The Morgan fingerprint density at radius 2 is 1.90 bits per heavy atom. The largest absolute Gasteiger partial charge is 0.348 e. The third-order valence-electron chi connectivity index (χ3n) is 3.81. The van der Waals surface area contributed by atoms with Crippen molar-refractivity contribution in [3.63, 3.8) is 0 Å². The van der Waals surface area contributed by atoms with Gasteiger partial charge in [0.05, 0.1) is 5.69 Å². The summed E-state index contributed by atoms with van der Waals surface area (Å²) < 4.78 is 0. The van der Waals surface area contributed by atoms with E-state index in [0.29, 0.717) is 0 Å². The second-order valence-electron chi connectivity index (χ2n) is 5.11. The molecule has 0 aliphatic carbocycles. The molecule has 2 aliphatic heterocycles. The van der Waals surface area contributed by atoms with Gasteiger partial charge in [0.2, 0.25) is 0 Å². The predicted molar refractivity (Wildman–Crippen MR) is 85.9 cm³/mol. The van der Waals surface area contributed by atoms with E-state index in [1.165, 1.54) is 22.5 Å². The van der Waals surface area contributed by atoms with Crippen LogP contribution < -0.4 is 0 Å². The number of aliphatic imine (C=N–C) groups is 1. The van der Waals surface area contributed by atoms with Gasteiger partial charge in [0.25, 0.3) is 0 Å². The first kappa shape index (κ1) is 12.7. The first-order valence-corrected chi connectivity index (χ1v) is 6.82. The molecule has 1 aromatic rings. The van der Waals surface area contributed by atoms with Gasteiger partial charge in [0.1, 0.15) is 0 Å². The molecule has 2 aliphatic rings. The third kappa shape index (κ3) is 2.14.